The molecule has 0 unspecified atom stereocenters. The van der Waals surface area contributed by atoms with E-state index in [1.54, 1.807) is 0 Å². The van der Waals surface area contributed by atoms with E-state index in [0.717, 1.165) is 25.7 Å². The standard InChI is InChI=1S/C30H30/c1-3-5-7-25-9-13-27(14-10-25)17-19-29-21-23-30(24-22-29)20-18-28-15-11-26(12-16-28)8-6-4-2/h3-4,9-24H,1-2,5-8H2. The van der Waals surface area contributed by atoms with Crippen LogP contribution in [0.4, 0.5) is 0 Å². The van der Waals surface area contributed by atoms with Gasteiger partial charge in [-0.05, 0) is 59.1 Å². The zero-order chi connectivity index (χ0) is 21.0. The van der Waals surface area contributed by atoms with Crippen molar-refractivity contribution in [1.82, 2.24) is 0 Å². The first-order valence-corrected chi connectivity index (χ1v) is 10.6. The lowest BCUT2D eigenvalue weighted by molar-refractivity contribution is 1.00. The van der Waals surface area contributed by atoms with Crippen LogP contribution in [0.15, 0.2) is 98.1 Å². The van der Waals surface area contributed by atoms with Gasteiger partial charge in [0.05, 0.1) is 0 Å². The van der Waals surface area contributed by atoms with Gasteiger partial charge < -0.3 is 0 Å². The van der Waals surface area contributed by atoms with E-state index >= 15 is 0 Å². The molecule has 3 rings (SSSR count). The lowest BCUT2D eigenvalue weighted by Gasteiger charge is -2.01. The zero-order valence-electron chi connectivity index (χ0n) is 17.6. The Morgan fingerprint density at radius 2 is 0.700 bits per heavy atom. The second kappa shape index (κ2) is 11.6. The Balaban J connectivity index is 1.56. The van der Waals surface area contributed by atoms with Crippen LogP contribution < -0.4 is 0 Å². The first-order valence-electron chi connectivity index (χ1n) is 10.6. The van der Waals surface area contributed by atoms with Gasteiger partial charge in [-0.25, -0.2) is 0 Å². The molecule has 0 spiro atoms. The fraction of sp³-hybridized carbons (Fsp3) is 0.133. The molecule has 3 aromatic rings. The van der Waals surface area contributed by atoms with E-state index in [2.05, 4.69) is 110 Å². The lowest BCUT2D eigenvalue weighted by atomic mass is 10.0. The van der Waals surface area contributed by atoms with Gasteiger partial charge in [0.2, 0.25) is 0 Å². The van der Waals surface area contributed by atoms with Crippen LogP contribution in [0.2, 0.25) is 0 Å². The van der Waals surface area contributed by atoms with Crippen molar-refractivity contribution in [2.45, 2.75) is 25.7 Å². The second-order valence-electron chi connectivity index (χ2n) is 7.47. The van der Waals surface area contributed by atoms with Crippen molar-refractivity contribution in [2.75, 3.05) is 0 Å². The average molecular weight is 391 g/mol. The van der Waals surface area contributed by atoms with E-state index in [-0.39, 0.29) is 0 Å². The lowest BCUT2D eigenvalue weighted by Crippen LogP contribution is -1.83. The number of allylic oxidation sites excluding steroid dienone is 2. The molecule has 0 atom stereocenters. The van der Waals surface area contributed by atoms with Crippen molar-refractivity contribution in [3.63, 3.8) is 0 Å². The molecular formula is C30H30. The first-order chi connectivity index (χ1) is 14.8. The molecule has 0 nitrogen and oxygen atoms in total. The average Bonchev–Trinajstić information content (AvgIpc) is 2.80. The van der Waals surface area contributed by atoms with Gasteiger partial charge in [0, 0.05) is 0 Å². The summed E-state index contributed by atoms with van der Waals surface area (Å²) < 4.78 is 0. The van der Waals surface area contributed by atoms with Gasteiger partial charge in [-0.15, -0.1) is 13.2 Å². The first kappa shape index (κ1) is 21.3. The van der Waals surface area contributed by atoms with E-state index in [9.17, 15) is 0 Å². The normalized spacial score (nSPS) is 11.2. The van der Waals surface area contributed by atoms with Crippen LogP contribution >= 0.6 is 0 Å². The molecule has 0 saturated carbocycles. The van der Waals surface area contributed by atoms with Gasteiger partial charge in [-0.3, -0.25) is 0 Å². The van der Waals surface area contributed by atoms with Crippen LogP contribution in [-0.2, 0) is 12.8 Å². The summed E-state index contributed by atoms with van der Waals surface area (Å²) >= 11 is 0. The van der Waals surface area contributed by atoms with Crippen molar-refractivity contribution < 1.29 is 0 Å². The molecule has 0 heteroatoms. The number of hydrogen-bond acceptors (Lipinski definition) is 0. The third kappa shape index (κ3) is 6.90. The molecule has 0 aliphatic carbocycles. The molecule has 0 aromatic heterocycles. The summed E-state index contributed by atoms with van der Waals surface area (Å²) in [5.41, 5.74) is 7.56. The molecule has 3 aromatic carbocycles. The van der Waals surface area contributed by atoms with Gasteiger partial charge >= 0.3 is 0 Å². The Kier molecular flexibility index (Phi) is 8.23. The SMILES string of the molecule is C=CCCc1ccc(C=Cc2ccc(C=Cc3ccc(CCC=C)cc3)cc2)cc1. The topological polar surface area (TPSA) is 0 Å². The molecule has 0 heterocycles. The molecule has 0 saturated heterocycles. The van der Waals surface area contributed by atoms with Crippen LogP contribution in [0.5, 0.6) is 0 Å². The van der Waals surface area contributed by atoms with E-state index < -0.39 is 0 Å². The number of hydrogen-bond donors (Lipinski definition) is 0. The Bertz CT molecular complexity index is 897. The molecule has 0 amide bonds. The molecule has 0 bridgehead atoms. The molecule has 0 aliphatic heterocycles. The van der Waals surface area contributed by atoms with Crippen LogP contribution in [0.1, 0.15) is 46.2 Å². The zero-order valence-corrected chi connectivity index (χ0v) is 17.6. The van der Waals surface area contributed by atoms with Gasteiger partial charge in [-0.1, -0.05) is 109 Å². The van der Waals surface area contributed by atoms with Gasteiger partial charge in [-0.2, -0.15) is 0 Å². The number of rotatable bonds is 10. The maximum atomic E-state index is 3.78. The molecule has 0 aliphatic rings. The second-order valence-corrected chi connectivity index (χ2v) is 7.47. The Labute approximate surface area is 181 Å². The van der Waals surface area contributed by atoms with Crippen LogP contribution in [0, 0.1) is 0 Å². The Morgan fingerprint density at radius 1 is 0.433 bits per heavy atom. The monoisotopic (exact) mass is 390 g/mol. The van der Waals surface area contributed by atoms with E-state index in [1.165, 1.54) is 33.4 Å². The fourth-order valence-corrected chi connectivity index (χ4v) is 3.23. The number of aryl methyl sites for hydroxylation is 2. The van der Waals surface area contributed by atoms with E-state index in [4.69, 9.17) is 0 Å². The summed E-state index contributed by atoms with van der Waals surface area (Å²) in [5, 5.41) is 0. The van der Waals surface area contributed by atoms with Gasteiger partial charge in [0.15, 0.2) is 0 Å². The quantitative estimate of drug-likeness (QED) is 0.241. The molecule has 0 N–H and O–H groups in total. The third-order valence-electron chi connectivity index (χ3n) is 5.11. The summed E-state index contributed by atoms with van der Waals surface area (Å²) in [4.78, 5) is 0. The molecule has 150 valence electrons. The Morgan fingerprint density at radius 3 is 0.967 bits per heavy atom. The highest BCUT2D eigenvalue weighted by molar-refractivity contribution is 5.73. The van der Waals surface area contributed by atoms with Crippen molar-refractivity contribution in [3.05, 3.63) is 131 Å². The summed E-state index contributed by atoms with van der Waals surface area (Å²) in [6.07, 6.45) is 16.7. The highest BCUT2D eigenvalue weighted by atomic mass is 14.0. The largest absolute Gasteiger partial charge is 0.103 e. The smallest absolute Gasteiger partial charge is 0.0244 e. The highest BCUT2D eigenvalue weighted by Crippen LogP contribution is 2.14. The van der Waals surface area contributed by atoms with Gasteiger partial charge in [0.25, 0.3) is 0 Å². The van der Waals surface area contributed by atoms with Crippen molar-refractivity contribution in [2.24, 2.45) is 0 Å². The van der Waals surface area contributed by atoms with Crippen LogP contribution in [0.3, 0.4) is 0 Å². The minimum atomic E-state index is 1.02. The third-order valence-corrected chi connectivity index (χ3v) is 5.11. The molecule has 0 radical (unpaired) electrons. The summed E-state index contributed by atoms with van der Waals surface area (Å²) in [5.74, 6) is 0. The summed E-state index contributed by atoms with van der Waals surface area (Å²) in [6.45, 7) is 7.57. The van der Waals surface area contributed by atoms with Crippen LogP contribution in [0.25, 0.3) is 24.3 Å². The highest BCUT2D eigenvalue weighted by Gasteiger charge is 1.94. The van der Waals surface area contributed by atoms with E-state index in [0.29, 0.717) is 0 Å². The molecule has 30 heavy (non-hydrogen) atoms. The minimum absolute atomic E-state index is 1.02. The number of benzene rings is 3. The maximum absolute atomic E-state index is 3.78. The maximum Gasteiger partial charge on any atom is -0.0244 e. The summed E-state index contributed by atoms with van der Waals surface area (Å²) in [7, 11) is 0. The van der Waals surface area contributed by atoms with Crippen molar-refractivity contribution >= 4 is 24.3 Å². The predicted molar refractivity (Wildman–Crippen MR) is 134 cm³/mol. The van der Waals surface area contributed by atoms with Gasteiger partial charge in [0.1, 0.15) is 0 Å². The Hall–Kier alpha value is -3.38. The molecule has 0 fully saturated rings. The van der Waals surface area contributed by atoms with E-state index in [1.807, 2.05) is 12.2 Å². The van der Waals surface area contributed by atoms with Crippen molar-refractivity contribution in [3.8, 4) is 0 Å². The molecular weight excluding hydrogens is 360 g/mol. The van der Waals surface area contributed by atoms with Crippen LogP contribution in [-0.4, -0.2) is 0 Å². The van der Waals surface area contributed by atoms with Crippen molar-refractivity contribution in [1.29, 1.82) is 0 Å². The summed E-state index contributed by atoms with van der Waals surface area (Å²) in [6, 6.07) is 26.1. The fourth-order valence-electron chi connectivity index (χ4n) is 3.23. The minimum Gasteiger partial charge on any atom is -0.103 e. The predicted octanol–water partition coefficient (Wildman–Crippen LogP) is 8.26.